The van der Waals surface area contributed by atoms with Crippen molar-refractivity contribution in [3.63, 3.8) is 0 Å². The van der Waals surface area contributed by atoms with Crippen molar-refractivity contribution in [1.29, 1.82) is 0 Å². The summed E-state index contributed by atoms with van der Waals surface area (Å²) in [6.07, 6.45) is 1.63. The van der Waals surface area contributed by atoms with E-state index in [0.29, 0.717) is 30.5 Å². The number of carbonyl (C=O) groups is 2. The van der Waals surface area contributed by atoms with E-state index in [1.807, 2.05) is 18.2 Å². The molecule has 0 atom stereocenters. The average Bonchev–Trinajstić information content (AvgIpc) is 3.11. The highest BCUT2D eigenvalue weighted by Gasteiger charge is 2.26. The molecule has 5 nitrogen and oxygen atoms in total. The predicted octanol–water partition coefficient (Wildman–Crippen LogP) is 4.40. The molecule has 2 heterocycles. The number of carbonyl (C=O) groups excluding carboxylic acids is 1. The van der Waals surface area contributed by atoms with Crippen LogP contribution in [0.5, 0.6) is 0 Å². The van der Waals surface area contributed by atoms with E-state index < -0.39 is 5.97 Å². The first-order chi connectivity index (χ1) is 12.4. The molecule has 0 unspecified atom stereocenters. The zero-order valence-corrected chi connectivity index (χ0v) is 15.3. The summed E-state index contributed by atoms with van der Waals surface area (Å²) in [5.41, 5.74) is 2.20. The first kappa shape index (κ1) is 18.2. The monoisotopic (exact) mass is 355 g/mol. The van der Waals surface area contributed by atoms with Crippen molar-refractivity contribution >= 4 is 11.9 Å². The molecular formula is C21H25NO4. The third-order valence-electron chi connectivity index (χ3n) is 5.02. The Kier molecular flexibility index (Phi) is 5.45. The third-order valence-corrected chi connectivity index (χ3v) is 5.02. The van der Waals surface area contributed by atoms with Gasteiger partial charge in [0.15, 0.2) is 5.76 Å². The van der Waals surface area contributed by atoms with Crippen LogP contribution in [0.2, 0.25) is 0 Å². The van der Waals surface area contributed by atoms with Gasteiger partial charge in [0, 0.05) is 25.1 Å². The van der Waals surface area contributed by atoms with Crippen LogP contribution in [0.4, 0.5) is 0 Å². The fourth-order valence-corrected chi connectivity index (χ4v) is 3.40. The minimum atomic E-state index is -0.769. The van der Waals surface area contributed by atoms with Crippen molar-refractivity contribution in [1.82, 2.24) is 4.90 Å². The van der Waals surface area contributed by atoms with Crippen LogP contribution < -0.4 is 0 Å². The second-order valence-electron chi connectivity index (χ2n) is 7.28. The Morgan fingerprint density at radius 2 is 1.92 bits per heavy atom. The van der Waals surface area contributed by atoms with Gasteiger partial charge in [-0.1, -0.05) is 32.0 Å². The lowest BCUT2D eigenvalue weighted by molar-refractivity contribution is -0.138. The number of carboxylic acids is 1. The maximum Gasteiger partial charge on any atom is 0.303 e. The number of hydrogen-bond donors (Lipinski definition) is 1. The molecule has 3 rings (SSSR count). The lowest BCUT2D eigenvalue weighted by Crippen LogP contribution is -2.38. The number of hydrogen-bond acceptors (Lipinski definition) is 3. The molecule has 1 fully saturated rings. The van der Waals surface area contributed by atoms with Gasteiger partial charge in [0.1, 0.15) is 5.76 Å². The molecule has 0 bridgehead atoms. The Bertz CT molecular complexity index is 785. The first-order valence-corrected chi connectivity index (χ1v) is 9.15. The topological polar surface area (TPSA) is 70.8 Å². The summed E-state index contributed by atoms with van der Waals surface area (Å²) in [7, 11) is 0. The van der Waals surface area contributed by atoms with Crippen LogP contribution in [0, 0.1) is 5.92 Å². The van der Waals surface area contributed by atoms with Crippen molar-refractivity contribution in [3.05, 3.63) is 47.7 Å². The first-order valence-electron chi connectivity index (χ1n) is 9.15. The Balaban J connectivity index is 1.67. The SMILES string of the molecule is CC(C)c1cccc(-c2ccc(C(=O)N3CCC(CC(=O)O)CC3)o2)c1. The van der Waals surface area contributed by atoms with E-state index in [9.17, 15) is 9.59 Å². The van der Waals surface area contributed by atoms with Crippen LogP contribution in [0.1, 0.15) is 55.1 Å². The smallest absolute Gasteiger partial charge is 0.303 e. The highest BCUT2D eigenvalue weighted by Crippen LogP contribution is 2.27. The van der Waals surface area contributed by atoms with Crippen LogP contribution >= 0.6 is 0 Å². The molecule has 0 saturated carbocycles. The lowest BCUT2D eigenvalue weighted by Gasteiger charge is -2.30. The number of benzene rings is 1. The Labute approximate surface area is 153 Å². The molecule has 5 heteroatoms. The van der Waals surface area contributed by atoms with Crippen LogP contribution in [-0.4, -0.2) is 35.0 Å². The molecule has 1 aliphatic heterocycles. The number of rotatable bonds is 5. The fourth-order valence-electron chi connectivity index (χ4n) is 3.40. The zero-order valence-electron chi connectivity index (χ0n) is 15.3. The van der Waals surface area contributed by atoms with Gasteiger partial charge < -0.3 is 14.4 Å². The highest BCUT2D eigenvalue weighted by atomic mass is 16.4. The molecule has 0 radical (unpaired) electrons. The van der Waals surface area contributed by atoms with Crippen LogP contribution in [-0.2, 0) is 4.79 Å². The molecule has 138 valence electrons. The summed E-state index contributed by atoms with van der Waals surface area (Å²) in [5.74, 6) is 0.725. The minimum Gasteiger partial charge on any atom is -0.481 e. The number of aliphatic carboxylic acids is 1. The Hall–Kier alpha value is -2.56. The highest BCUT2D eigenvalue weighted by molar-refractivity contribution is 5.92. The summed E-state index contributed by atoms with van der Waals surface area (Å²) in [6, 6.07) is 11.7. The molecule has 1 N–H and O–H groups in total. The standard InChI is InChI=1S/C21H25NO4/c1-14(2)16-4-3-5-17(13-16)18-6-7-19(26-18)21(25)22-10-8-15(9-11-22)12-20(23)24/h3-7,13-15H,8-12H2,1-2H3,(H,23,24). The molecule has 26 heavy (non-hydrogen) atoms. The summed E-state index contributed by atoms with van der Waals surface area (Å²) < 4.78 is 5.83. The third kappa shape index (κ3) is 4.15. The van der Waals surface area contributed by atoms with Crippen LogP contribution in [0.3, 0.4) is 0 Å². The lowest BCUT2D eigenvalue weighted by atomic mass is 9.93. The maximum atomic E-state index is 12.7. The molecule has 1 aromatic carbocycles. The molecular weight excluding hydrogens is 330 g/mol. The summed E-state index contributed by atoms with van der Waals surface area (Å²) >= 11 is 0. The summed E-state index contributed by atoms with van der Waals surface area (Å²) in [6.45, 7) is 5.44. The quantitative estimate of drug-likeness (QED) is 0.863. The van der Waals surface area contributed by atoms with Crippen molar-refractivity contribution < 1.29 is 19.1 Å². The molecule has 0 aliphatic carbocycles. The largest absolute Gasteiger partial charge is 0.481 e. The zero-order chi connectivity index (χ0) is 18.7. The van der Waals surface area contributed by atoms with Crippen molar-refractivity contribution in [2.75, 3.05) is 13.1 Å². The number of nitrogens with zero attached hydrogens (tertiary/aromatic N) is 1. The van der Waals surface area contributed by atoms with Gasteiger partial charge in [-0.05, 0) is 48.4 Å². The molecule has 0 spiro atoms. The number of furan rings is 1. The summed E-state index contributed by atoms with van der Waals surface area (Å²) in [5, 5.41) is 8.89. The van der Waals surface area contributed by atoms with Gasteiger partial charge in [-0.25, -0.2) is 0 Å². The fraction of sp³-hybridized carbons (Fsp3) is 0.429. The minimum absolute atomic E-state index is 0.120. The molecule has 1 amide bonds. The van der Waals surface area contributed by atoms with E-state index in [2.05, 4.69) is 26.0 Å². The van der Waals surface area contributed by atoms with Gasteiger partial charge >= 0.3 is 5.97 Å². The second kappa shape index (κ2) is 7.77. The molecule has 1 aliphatic rings. The summed E-state index contributed by atoms with van der Waals surface area (Å²) in [4.78, 5) is 25.2. The van der Waals surface area contributed by atoms with Crippen molar-refractivity contribution in [3.8, 4) is 11.3 Å². The number of amides is 1. The number of carboxylic acid groups (broad SMARTS) is 1. The van der Waals surface area contributed by atoms with E-state index in [4.69, 9.17) is 9.52 Å². The van der Waals surface area contributed by atoms with Gasteiger partial charge in [-0.2, -0.15) is 0 Å². The second-order valence-corrected chi connectivity index (χ2v) is 7.28. The molecule has 1 aromatic heterocycles. The predicted molar refractivity (Wildman–Crippen MR) is 99.1 cm³/mol. The van der Waals surface area contributed by atoms with Crippen LogP contribution in [0.15, 0.2) is 40.8 Å². The normalized spacial score (nSPS) is 15.4. The molecule has 1 saturated heterocycles. The van der Waals surface area contributed by atoms with E-state index in [1.165, 1.54) is 5.56 Å². The van der Waals surface area contributed by atoms with E-state index >= 15 is 0 Å². The van der Waals surface area contributed by atoms with Gasteiger partial charge in [0.25, 0.3) is 5.91 Å². The number of piperidine rings is 1. The van der Waals surface area contributed by atoms with Crippen LogP contribution in [0.25, 0.3) is 11.3 Å². The Morgan fingerprint density at radius 3 is 2.58 bits per heavy atom. The van der Waals surface area contributed by atoms with Gasteiger partial charge in [-0.3, -0.25) is 9.59 Å². The van der Waals surface area contributed by atoms with Gasteiger partial charge in [-0.15, -0.1) is 0 Å². The van der Waals surface area contributed by atoms with E-state index in [0.717, 1.165) is 18.4 Å². The van der Waals surface area contributed by atoms with Crippen molar-refractivity contribution in [2.45, 2.75) is 39.0 Å². The van der Waals surface area contributed by atoms with Gasteiger partial charge in [0.2, 0.25) is 0 Å². The van der Waals surface area contributed by atoms with E-state index in [-0.39, 0.29) is 18.2 Å². The van der Waals surface area contributed by atoms with E-state index in [1.54, 1.807) is 11.0 Å². The van der Waals surface area contributed by atoms with Crippen molar-refractivity contribution in [2.24, 2.45) is 5.92 Å². The average molecular weight is 355 g/mol. The number of likely N-dealkylation sites (tertiary alicyclic amines) is 1. The molecule has 2 aromatic rings. The maximum absolute atomic E-state index is 12.7. The Morgan fingerprint density at radius 1 is 1.19 bits per heavy atom. The van der Waals surface area contributed by atoms with Gasteiger partial charge in [0.05, 0.1) is 0 Å².